The van der Waals surface area contributed by atoms with Crippen LogP contribution in [-0.4, -0.2) is 35.0 Å². The molecule has 10 heteroatoms. The molecule has 0 aromatic heterocycles. The Bertz CT molecular complexity index is 327. The van der Waals surface area contributed by atoms with E-state index in [1.807, 2.05) is 0 Å². The normalized spacial score (nSPS) is 38.7. The topological polar surface area (TPSA) is 55.8 Å². The molecule has 1 aliphatic heterocycles. The molecule has 1 saturated heterocycles. The fourth-order valence-corrected chi connectivity index (χ4v) is 0.969. The maximum Gasteiger partial charge on any atom is 0.458 e. The molecule has 0 amide bonds. The average Bonchev–Trinajstić information content (AvgIpc) is 2.18. The van der Waals surface area contributed by atoms with Crippen molar-refractivity contribution in [1.82, 2.24) is 0 Å². The number of rotatable bonds is 1. The molecule has 0 saturated carbocycles. The van der Waals surface area contributed by atoms with Crippen molar-refractivity contribution in [2.45, 2.75) is 30.9 Å². The molecule has 16 heavy (non-hydrogen) atoms. The quantitative estimate of drug-likeness (QED) is 0.723. The average molecular weight is 254 g/mol. The summed E-state index contributed by atoms with van der Waals surface area (Å²) in [6.45, 7) is 0.232. The standard InChI is InChI=1S/C6H4F6O4/c1-3(2(13)14)15-4(7,5(8,9)10)6(11,12)16-3/h1H3,(H,13,14). The largest absolute Gasteiger partial charge is 0.477 e. The number of alkyl halides is 6. The smallest absolute Gasteiger partial charge is 0.458 e. The molecule has 0 radical (unpaired) electrons. The summed E-state index contributed by atoms with van der Waals surface area (Å²) in [5, 5.41) is 8.29. The summed E-state index contributed by atoms with van der Waals surface area (Å²) in [5.41, 5.74) is 0. The highest BCUT2D eigenvalue weighted by Crippen LogP contribution is 2.55. The molecule has 94 valence electrons. The third kappa shape index (κ3) is 1.52. The van der Waals surface area contributed by atoms with Gasteiger partial charge in [-0.1, -0.05) is 0 Å². The van der Waals surface area contributed by atoms with Gasteiger partial charge in [0.05, 0.1) is 0 Å². The summed E-state index contributed by atoms with van der Waals surface area (Å²) in [6.07, 6.45) is -11.6. The molecule has 2 atom stereocenters. The molecule has 4 nitrogen and oxygen atoms in total. The van der Waals surface area contributed by atoms with Crippen molar-refractivity contribution < 1.29 is 45.7 Å². The number of hydrogen-bond donors (Lipinski definition) is 1. The monoisotopic (exact) mass is 254 g/mol. The van der Waals surface area contributed by atoms with Gasteiger partial charge in [0.25, 0.3) is 5.79 Å². The van der Waals surface area contributed by atoms with Crippen molar-refractivity contribution >= 4 is 5.97 Å². The molecule has 2 unspecified atom stereocenters. The van der Waals surface area contributed by atoms with Crippen LogP contribution in [0.2, 0.25) is 0 Å². The van der Waals surface area contributed by atoms with Gasteiger partial charge >= 0.3 is 24.1 Å². The molecule has 1 aliphatic rings. The Kier molecular flexibility index (Phi) is 2.45. The zero-order valence-electron chi connectivity index (χ0n) is 7.44. The van der Waals surface area contributed by atoms with Crippen LogP contribution in [0.25, 0.3) is 0 Å². The zero-order chi connectivity index (χ0) is 13.0. The molecule has 1 N–H and O–H groups in total. The maximum atomic E-state index is 13.0. The van der Waals surface area contributed by atoms with E-state index in [9.17, 15) is 31.1 Å². The second-order valence-corrected chi connectivity index (χ2v) is 3.06. The summed E-state index contributed by atoms with van der Waals surface area (Å²) in [4.78, 5) is 10.3. The summed E-state index contributed by atoms with van der Waals surface area (Å²) in [5.74, 6) is -11.2. The summed E-state index contributed by atoms with van der Waals surface area (Å²) in [6, 6.07) is 0. The van der Waals surface area contributed by atoms with Gasteiger partial charge in [-0.25, -0.2) is 4.79 Å². The summed E-state index contributed by atoms with van der Waals surface area (Å²) in [7, 11) is 0. The molecule has 0 spiro atoms. The fraction of sp³-hybridized carbons (Fsp3) is 0.833. The number of carboxylic acid groups (broad SMARTS) is 1. The first-order valence-corrected chi connectivity index (χ1v) is 3.63. The molecule has 0 aromatic carbocycles. The number of halogens is 6. The molecule has 1 heterocycles. The Hall–Kier alpha value is -1.03. The molecule has 1 fully saturated rings. The third-order valence-electron chi connectivity index (χ3n) is 1.79. The highest BCUT2D eigenvalue weighted by molar-refractivity contribution is 5.75. The Balaban J connectivity index is 3.21. The SMILES string of the molecule is CC1(C(=O)O)OC(F)(F)C(F)(C(F)(F)F)O1. The van der Waals surface area contributed by atoms with Gasteiger partial charge in [0.1, 0.15) is 0 Å². The summed E-state index contributed by atoms with van der Waals surface area (Å²) < 4.78 is 80.6. The second-order valence-electron chi connectivity index (χ2n) is 3.06. The summed E-state index contributed by atoms with van der Waals surface area (Å²) >= 11 is 0. The van der Waals surface area contributed by atoms with Crippen LogP contribution in [0.3, 0.4) is 0 Å². The molecule has 1 rings (SSSR count). The van der Waals surface area contributed by atoms with Crippen LogP contribution in [0.5, 0.6) is 0 Å². The van der Waals surface area contributed by atoms with E-state index in [4.69, 9.17) is 5.11 Å². The first-order valence-electron chi connectivity index (χ1n) is 3.63. The lowest BCUT2D eigenvalue weighted by Crippen LogP contribution is -2.53. The van der Waals surface area contributed by atoms with E-state index in [1.54, 1.807) is 0 Å². The lowest BCUT2D eigenvalue weighted by molar-refractivity contribution is -0.393. The predicted octanol–water partition coefficient (Wildman–Crippen LogP) is 1.65. The predicted molar refractivity (Wildman–Crippen MR) is 33.1 cm³/mol. The number of carbonyl (C=O) groups is 1. The second kappa shape index (κ2) is 3.00. The minimum atomic E-state index is -6.14. The first kappa shape index (κ1) is 13.0. The van der Waals surface area contributed by atoms with E-state index in [0.717, 1.165) is 0 Å². The maximum absolute atomic E-state index is 13.0. The molecule has 0 bridgehead atoms. The van der Waals surface area contributed by atoms with Crippen molar-refractivity contribution in [3.8, 4) is 0 Å². The van der Waals surface area contributed by atoms with Crippen LogP contribution in [0.4, 0.5) is 26.3 Å². The molecular weight excluding hydrogens is 250 g/mol. The van der Waals surface area contributed by atoms with Crippen LogP contribution in [0.15, 0.2) is 0 Å². The number of aliphatic carboxylic acids is 1. The van der Waals surface area contributed by atoms with E-state index >= 15 is 0 Å². The van der Waals surface area contributed by atoms with Crippen LogP contribution >= 0.6 is 0 Å². The van der Waals surface area contributed by atoms with Gasteiger partial charge < -0.3 is 5.11 Å². The van der Waals surface area contributed by atoms with Gasteiger partial charge in [-0.15, -0.1) is 0 Å². The van der Waals surface area contributed by atoms with Gasteiger partial charge in [-0.3, -0.25) is 9.47 Å². The lowest BCUT2D eigenvalue weighted by Gasteiger charge is -2.25. The van der Waals surface area contributed by atoms with E-state index in [1.165, 1.54) is 0 Å². The Morgan fingerprint density at radius 1 is 1.19 bits per heavy atom. The lowest BCUT2D eigenvalue weighted by atomic mass is 10.3. The van der Waals surface area contributed by atoms with Crippen LogP contribution < -0.4 is 0 Å². The van der Waals surface area contributed by atoms with E-state index in [2.05, 4.69) is 9.47 Å². The Labute approximate surface area is 83.7 Å². The van der Waals surface area contributed by atoms with Crippen molar-refractivity contribution in [2.24, 2.45) is 0 Å². The van der Waals surface area contributed by atoms with Crippen LogP contribution in [-0.2, 0) is 14.3 Å². The highest BCUT2D eigenvalue weighted by atomic mass is 19.4. The fourth-order valence-electron chi connectivity index (χ4n) is 0.969. The Morgan fingerprint density at radius 2 is 1.62 bits per heavy atom. The number of ether oxygens (including phenoxy) is 2. The Morgan fingerprint density at radius 3 is 1.81 bits per heavy atom. The molecule has 0 aliphatic carbocycles. The minimum absolute atomic E-state index is 0.232. The minimum Gasteiger partial charge on any atom is -0.477 e. The van der Waals surface area contributed by atoms with Crippen LogP contribution in [0, 0.1) is 0 Å². The van der Waals surface area contributed by atoms with E-state index in [0.29, 0.717) is 0 Å². The van der Waals surface area contributed by atoms with Gasteiger partial charge in [0.2, 0.25) is 0 Å². The van der Waals surface area contributed by atoms with Crippen molar-refractivity contribution in [3.05, 3.63) is 0 Å². The highest BCUT2D eigenvalue weighted by Gasteiger charge is 2.83. The van der Waals surface area contributed by atoms with Crippen molar-refractivity contribution in [2.75, 3.05) is 0 Å². The number of carboxylic acids is 1. The van der Waals surface area contributed by atoms with Gasteiger partial charge in [0, 0.05) is 6.92 Å². The van der Waals surface area contributed by atoms with E-state index < -0.39 is 29.9 Å². The van der Waals surface area contributed by atoms with Crippen LogP contribution in [0.1, 0.15) is 6.92 Å². The molecule has 0 aromatic rings. The third-order valence-corrected chi connectivity index (χ3v) is 1.79. The van der Waals surface area contributed by atoms with E-state index in [-0.39, 0.29) is 6.92 Å². The number of hydrogen-bond acceptors (Lipinski definition) is 3. The first-order chi connectivity index (χ1) is 6.86. The van der Waals surface area contributed by atoms with Crippen molar-refractivity contribution in [1.29, 1.82) is 0 Å². The van der Waals surface area contributed by atoms with Gasteiger partial charge in [-0.2, -0.15) is 26.3 Å². The van der Waals surface area contributed by atoms with Crippen molar-refractivity contribution in [3.63, 3.8) is 0 Å². The zero-order valence-corrected chi connectivity index (χ0v) is 7.44. The van der Waals surface area contributed by atoms with Gasteiger partial charge in [0.15, 0.2) is 0 Å². The molecular formula is C6H4F6O4. The van der Waals surface area contributed by atoms with Gasteiger partial charge in [-0.05, 0) is 0 Å².